The summed E-state index contributed by atoms with van der Waals surface area (Å²) in [4.78, 5) is 34.1. The van der Waals surface area contributed by atoms with Gasteiger partial charge in [0.25, 0.3) is 11.4 Å². The Morgan fingerprint density at radius 1 is 1.00 bits per heavy atom. The fraction of sp³-hybridized carbons (Fsp3) is 0.464. The molecule has 2 heterocycles. The molecule has 7 heteroatoms. The van der Waals surface area contributed by atoms with Gasteiger partial charge in [-0.25, -0.2) is 15.8 Å². The molecule has 1 aliphatic carbocycles. The van der Waals surface area contributed by atoms with Gasteiger partial charge in [0.05, 0.1) is 0 Å². The molecule has 2 saturated heterocycles. The van der Waals surface area contributed by atoms with Crippen LogP contribution < -0.4 is 5.32 Å². The van der Waals surface area contributed by atoms with Gasteiger partial charge in [-0.3, -0.25) is 9.69 Å². The molecule has 2 aliphatic heterocycles. The zero-order chi connectivity index (χ0) is 24.5. The SMILES string of the molecule is [C-]#[N+]C1(c2ccccc2)CCN(CCCN2C(=O)NC3(CCCCc4ccc(F)cc43)C2=O)CC1. The van der Waals surface area contributed by atoms with Crippen molar-refractivity contribution < 1.29 is 14.0 Å². The molecule has 2 fully saturated rings. The van der Waals surface area contributed by atoms with Gasteiger partial charge in [0, 0.05) is 38.0 Å². The third-order valence-electron chi connectivity index (χ3n) is 8.02. The van der Waals surface area contributed by atoms with Crippen LogP contribution in [-0.4, -0.2) is 47.9 Å². The summed E-state index contributed by atoms with van der Waals surface area (Å²) < 4.78 is 14.1. The molecule has 0 saturated carbocycles. The molecule has 1 atom stereocenters. The van der Waals surface area contributed by atoms with Crippen molar-refractivity contribution in [3.8, 4) is 0 Å². The lowest BCUT2D eigenvalue weighted by Crippen LogP contribution is -2.44. The van der Waals surface area contributed by atoms with E-state index in [9.17, 15) is 14.0 Å². The van der Waals surface area contributed by atoms with Gasteiger partial charge in [-0.2, -0.15) is 0 Å². The minimum absolute atomic E-state index is 0.258. The lowest BCUT2D eigenvalue weighted by molar-refractivity contribution is -0.132. The Morgan fingerprint density at radius 3 is 2.51 bits per heavy atom. The fourth-order valence-electron chi connectivity index (χ4n) is 6.00. The van der Waals surface area contributed by atoms with Crippen molar-refractivity contribution in [2.75, 3.05) is 26.2 Å². The fourth-order valence-corrected chi connectivity index (χ4v) is 6.00. The second kappa shape index (κ2) is 9.43. The number of hydrogen-bond donors (Lipinski definition) is 1. The first-order valence-corrected chi connectivity index (χ1v) is 12.6. The van der Waals surface area contributed by atoms with E-state index < -0.39 is 11.1 Å². The number of halogens is 1. The Labute approximate surface area is 205 Å². The van der Waals surface area contributed by atoms with Crippen LogP contribution in [0.25, 0.3) is 4.85 Å². The predicted molar refractivity (Wildman–Crippen MR) is 131 cm³/mol. The zero-order valence-electron chi connectivity index (χ0n) is 19.9. The van der Waals surface area contributed by atoms with Crippen molar-refractivity contribution in [3.63, 3.8) is 0 Å². The van der Waals surface area contributed by atoms with Crippen LogP contribution >= 0.6 is 0 Å². The number of hydrogen-bond acceptors (Lipinski definition) is 3. The monoisotopic (exact) mass is 474 g/mol. The third-order valence-corrected chi connectivity index (χ3v) is 8.02. The summed E-state index contributed by atoms with van der Waals surface area (Å²) in [7, 11) is 0. The minimum atomic E-state index is -1.15. The highest BCUT2D eigenvalue weighted by Gasteiger charge is 2.53. The number of piperidine rings is 1. The molecule has 6 nitrogen and oxygen atoms in total. The Bertz CT molecular complexity index is 1150. The van der Waals surface area contributed by atoms with E-state index in [1.165, 1.54) is 17.0 Å². The average Bonchev–Trinajstić information content (AvgIpc) is 3.01. The number of carbonyl (C=O) groups excluding carboxylic acids is 2. The van der Waals surface area contributed by atoms with E-state index in [-0.39, 0.29) is 17.8 Å². The lowest BCUT2D eigenvalue weighted by atomic mass is 9.81. The Hall–Kier alpha value is -3.24. The number of imide groups is 1. The van der Waals surface area contributed by atoms with E-state index >= 15 is 0 Å². The number of benzene rings is 2. The topological polar surface area (TPSA) is 57.0 Å². The van der Waals surface area contributed by atoms with Crippen LogP contribution in [0.2, 0.25) is 0 Å². The molecule has 3 aliphatic rings. The normalized spacial score (nSPS) is 24.1. The largest absolute Gasteiger partial charge is 0.325 e. The molecule has 1 spiro atoms. The molecule has 2 aromatic rings. The third kappa shape index (κ3) is 4.21. The highest BCUT2D eigenvalue weighted by atomic mass is 19.1. The molecule has 1 N–H and O–H groups in total. The Kier molecular flexibility index (Phi) is 6.33. The van der Waals surface area contributed by atoms with Crippen molar-refractivity contribution in [2.45, 2.75) is 56.0 Å². The summed E-state index contributed by atoms with van der Waals surface area (Å²) in [5.74, 6) is -0.646. The molecule has 0 radical (unpaired) electrons. The first kappa shape index (κ1) is 23.5. The number of rotatable bonds is 5. The van der Waals surface area contributed by atoms with Gasteiger partial charge in [-0.1, -0.05) is 36.4 Å². The molecule has 35 heavy (non-hydrogen) atoms. The molecule has 182 valence electrons. The van der Waals surface area contributed by atoms with E-state index in [2.05, 4.69) is 15.1 Å². The summed E-state index contributed by atoms with van der Waals surface area (Å²) in [6.07, 6.45) is 5.20. The second-order valence-corrected chi connectivity index (χ2v) is 10.0. The van der Waals surface area contributed by atoms with Gasteiger partial charge >= 0.3 is 6.03 Å². The molecule has 1 unspecified atom stereocenters. The van der Waals surface area contributed by atoms with Crippen molar-refractivity contribution in [3.05, 3.63) is 82.5 Å². The number of likely N-dealkylation sites (tertiary alicyclic amines) is 1. The van der Waals surface area contributed by atoms with Crippen molar-refractivity contribution in [1.29, 1.82) is 0 Å². The van der Waals surface area contributed by atoms with Gasteiger partial charge in [-0.15, -0.1) is 0 Å². The van der Waals surface area contributed by atoms with Crippen LogP contribution in [0.1, 0.15) is 55.2 Å². The molecular weight excluding hydrogens is 443 g/mol. The molecule has 0 aromatic heterocycles. The number of nitrogens with one attached hydrogen (secondary N) is 1. The number of amides is 3. The number of fused-ring (bicyclic) bond motifs is 2. The van der Waals surface area contributed by atoms with Gasteiger partial charge < -0.3 is 15.1 Å². The van der Waals surface area contributed by atoms with Gasteiger partial charge in [0.15, 0.2) is 0 Å². The van der Waals surface area contributed by atoms with Crippen LogP contribution in [0.4, 0.5) is 9.18 Å². The van der Waals surface area contributed by atoms with Crippen LogP contribution in [0, 0.1) is 12.4 Å². The first-order valence-electron chi connectivity index (χ1n) is 12.6. The van der Waals surface area contributed by atoms with Crippen molar-refractivity contribution in [1.82, 2.24) is 15.1 Å². The summed E-state index contributed by atoms with van der Waals surface area (Å²) in [6, 6.07) is 14.2. The number of urea groups is 1. The van der Waals surface area contributed by atoms with Crippen LogP contribution in [0.15, 0.2) is 48.5 Å². The Balaban J connectivity index is 1.21. The van der Waals surface area contributed by atoms with E-state index in [1.807, 2.05) is 30.3 Å². The van der Waals surface area contributed by atoms with Gasteiger partial charge in [-0.05, 0) is 61.9 Å². The van der Waals surface area contributed by atoms with Crippen LogP contribution in [0.5, 0.6) is 0 Å². The predicted octanol–water partition coefficient (Wildman–Crippen LogP) is 4.60. The summed E-state index contributed by atoms with van der Waals surface area (Å²) in [6.45, 7) is 10.5. The quantitative estimate of drug-likeness (QED) is 0.509. The summed E-state index contributed by atoms with van der Waals surface area (Å²) >= 11 is 0. The standard InChI is InChI=1S/C28H31FN4O2/c1-30-27(22-9-3-2-4-10-22)14-18-32(19-15-27)16-7-17-33-25(34)28(31-26(33)35)13-6-5-8-21-11-12-23(29)20-24(21)28/h2-4,9-12,20H,5-8,13-19H2,(H,31,35). The van der Waals surface area contributed by atoms with E-state index in [0.717, 1.165) is 62.9 Å². The van der Waals surface area contributed by atoms with E-state index in [4.69, 9.17) is 6.57 Å². The van der Waals surface area contributed by atoms with Gasteiger partial charge in [0.2, 0.25) is 0 Å². The lowest BCUT2D eigenvalue weighted by Gasteiger charge is -2.34. The Morgan fingerprint density at radius 2 is 1.77 bits per heavy atom. The van der Waals surface area contributed by atoms with Crippen molar-refractivity contribution >= 4 is 11.9 Å². The molecular formula is C28H31FN4O2. The maximum Gasteiger partial charge on any atom is 0.325 e. The zero-order valence-corrected chi connectivity index (χ0v) is 19.9. The molecule has 2 aromatic carbocycles. The van der Waals surface area contributed by atoms with Crippen LogP contribution in [-0.2, 0) is 22.3 Å². The van der Waals surface area contributed by atoms with Gasteiger partial charge in [0.1, 0.15) is 11.4 Å². The first-order chi connectivity index (χ1) is 17.0. The average molecular weight is 475 g/mol. The number of carbonyl (C=O) groups is 2. The molecule has 5 rings (SSSR count). The summed E-state index contributed by atoms with van der Waals surface area (Å²) in [5, 5.41) is 2.94. The highest BCUT2D eigenvalue weighted by molar-refractivity contribution is 6.07. The van der Waals surface area contributed by atoms with Crippen LogP contribution in [0.3, 0.4) is 0 Å². The van der Waals surface area contributed by atoms with E-state index in [0.29, 0.717) is 24.9 Å². The number of aryl methyl sites for hydroxylation is 1. The van der Waals surface area contributed by atoms with Crippen molar-refractivity contribution in [2.24, 2.45) is 0 Å². The maximum atomic E-state index is 14.1. The summed E-state index contributed by atoms with van der Waals surface area (Å²) in [5.41, 5.74) is 1.02. The van der Waals surface area contributed by atoms with E-state index in [1.54, 1.807) is 6.07 Å². The maximum absolute atomic E-state index is 14.1. The molecule has 0 bridgehead atoms. The number of nitrogens with zero attached hydrogens (tertiary/aromatic N) is 3. The highest BCUT2D eigenvalue weighted by Crippen LogP contribution is 2.40. The second-order valence-electron chi connectivity index (χ2n) is 10.0. The minimum Gasteiger partial charge on any atom is -0.319 e. The smallest absolute Gasteiger partial charge is 0.319 e. The molecule has 3 amide bonds.